The molecule has 6 heteroatoms. The Morgan fingerprint density at radius 3 is 0.895 bits per heavy atom. The molecule has 0 aliphatic rings. The lowest BCUT2D eigenvalue weighted by Crippen LogP contribution is -2.30. The molecule has 0 spiro atoms. The molecule has 436 valence electrons. The molecule has 0 bridgehead atoms. The van der Waals surface area contributed by atoms with E-state index in [1.54, 1.807) is 0 Å². The number of ether oxygens (including phenoxy) is 3. The molecule has 1 unspecified atom stereocenters. The van der Waals surface area contributed by atoms with Gasteiger partial charge in [0, 0.05) is 19.3 Å². The second-order valence-corrected chi connectivity index (χ2v) is 21.3. The van der Waals surface area contributed by atoms with Gasteiger partial charge < -0.3 is 14.2 Å². The molecule has 0 radical (unpaired) electrons. The summed E-state index contributed by atoms with van der Waals surface area (Å²) in [6.07, 6.45) is 85.8. The minimum atomic E-state index is -0.824. The smallest absolute Gasteiger partial charge is 0.306 e. The van der Waals surface area contributed by atoms with Gasteiger partial charge in [-0.25, -0.2) is 0 Å². The van der Waals surface area contributed by atoms with Gasteiger partial charge in [-0.3, -0.25) is 14.4 Å². The van der Waals surface area contributed by atoms with Crippen molar-refractivity contribution in [3.8, 4) is 0 Å². The molecule has 0 aliphatic carbocycles. The molecule has 0 aliphatic heterocycles. The lowest BCUT2D eigenvalue weighted by Gasteiger charge is -2.18. The van der Waals surface area contributed by atoms with Crippen LogP contribution < -0.4 is 0 Å². The van der Waals surface area contributed by atoms with E-state index < -0.39 is 12.1 Å². The monoisotopic (exact) mass is 1060 g/mol. The van der Waals surface area contributed by atoms with Crippen molar-refractivity contribution in [3.63, 3.8) is 0 Å². The number of rotatable bonds is 58. The Hall–Kier alpha value is -3.67. The van der Waals surface area contributed by atoms with Crippen LogP contribution in [0.3, 0.4) is 0 Å². The van der Waals surface area contributed by atoms with Crippen molar-refractivity contribution >= 4 is 17.9 Å². The molecule has 0 fully saturated rings. The normalized spacial score (nSPS) is 12.7. The molecule has 76 heavy (non-hydrogen) atoms. The molecule has 0 saturated heterocycles. The van der Waals surface area contributed by atoms with Crippen molar-refractivity contribution in [1.29, 1.82) is 0 Å². The van der Waals surface area contributed by atoms with Gasteiger partial charge in [-0.1, -0.05) is 304 Å². The highest BCUT2D eigenvalue weighted by molar-refractivity contribution is 5.71. The first-order chi connectivity index (χ1) is 37.5. The summed E-state index contributed by atoms with van der Waals surface area (Å²) in [7, 11) is 0. The highest BCUT2D eigenvalue weighted by atomic mass is 16.6. The average molecular weight is 1060 g/mol. The molecule has 0 aromatic rings. The zero-order valence-corrected chi connectivity index (χ0v) is 50.0. The van der Waals surface area contributed by atoms with Crippen LogP contribution in [0.15, 0.2) is 97.2 Å². The fourth-order valence-electron chi connectivity index (χ4n) is 9.02. The number of unbranched alkanes of at least 4 members (excludes halogenated alkanes) is 31. The minimum absolute atomic E-state index is 0.110. The molecule has 6 nitrogen and oxygen atoms in total. The minimum Gasteiger partial charge on any atom is -0.462 e. The zero-order valence-electron chi connectivity index (χ0n) is 50.0. The van der Waals surface area contributed by atoms with E-state index in [0.29, 0.717) is 19.3 Å². The molecule has 0 heterocycles. The van der Waals surface area contributed by atoms with Gasteiger partial charge in [0.2, 0.25) is 0 Å². The maximum absolute atomic E-state index is 12.9. The molecule has 1 atom stereocenters. The summed E-state index contributed by atoms with van der Waals surface area (Å²) in [4.78, 5) is 38.3. The third kappa shape index (κ3) is 61.2. The quantitative estimate of drug-likeness (QED) is 0.0261. The van der Waals surface area contributed by atoms with Gasteiger partial charge in [-0.15, -0.1) is 0 Å². The number of esters is 3. The van der Waals surface area contributed by atoms with E-state index in [-0.39, 0.29) is 31.6 Å². The molecule has 0 aromatic heterocycles. The summed E-state index contributed by atoms with van der Waals surface area (Å²) >= 11 is 0. The predicted molar refractivity (Wildman–Crippen MR) is 330 cm³/mol. The van der Waals surface area contributed by atoms with E-state index in [1.807, 2.05) is 6.08 Å². The van der Waals surface area contributed by atoms with E-state index in [2.05, 4.69) is 112 Å². The van der Waals surface area contributed by atoms with Crippen molar-refractivity contribution in [2.75, 3.05) is 13.2 Å². The van der Waals surface area contributed by atoms with Crippen LogP contribution in [0.25, 0.3) is 0 Å². The van der Waals surface area contributed by atoms with Gasteiger partial charge in [0.25, 0.3) is 0 Å². The van der Waals surface area contributed by atoms with Gasteiger partial charge in [0.15, 0.2) is 6.10 Å². The Morgan fingerprint density at radius 1 is 0.276 bits per heavy atom. The van der Waals surface area contributed by atoms with E-state index in [4.69, 9.17) is 14.2 Å². The largest absolute Gasteiger partial charge is 0.462 e. The van der Waals surface area contributed by atoms with Gasteiger partial charge in [0.05, 0.1) is 0 Å². The molecular weight excluding hydrogens is 937 g/mol. The van der Waals surface area contributed by atoms with Crippen LogP contribution in [-0.4, -0.2) is 37.2 Å². The number of hydrogen-bond acceptors (Lipinski definition) is 6. The molecule has 0 amide bonds. The van der Waals surface area contributed by atoms with E-state index in [9.17, 15) is 14.4 Å². The summed E-state index contributed by atoms with van der Waals surface area (Å²) in [6.45, 7) is 6.44. The molecular formula is C70H120O6. The second-order valence-electron chi connectivity index (χ2n) is 21.3. The van der Waals surface area contributed by atoms with Crippen LogP contribution in [0.4, 0.5) is 0 Å². The Balaban J connectivity index is 4.38. The highest BCUT2D eigenvalue weighted by Crippen LogP contribution is 2.17. The SMILES string of the molecule is CC/C=C\C/C=C\C/C=C\C/C=C\C/C=C\C/C=C\CCC(=O)OC(COC(=O)CCCCCCC/C=C\C/C=C\CCCC)COC(=O)CCCCCCCCCCCCCCCCCCCCCCCCCCC. The molecule has 0 aromatic carbocycles. The van der Waals surface area contributed by atoms with Crippen molar-refractivity contribution in [2.45, 2.75) is 316 Å². The van der Waals surface area contributed by atoms with Crippen molar-refractivity contribution in [1.82, 2.24) is 0 Å². The maximum atomic E-state index is 12.9. The Bertz CT molecular complexity index is 1490. The number of hydrogen-bond donors (Lipinski definition) is 0. The van der Waals surface area contributed by atoms with Crippen LogP contribution >= 0.6 is 0 Å². The molecule has 0 N–H and O–H groups in total. The predicted octanol–water partition coefficient (Wildman–Crippen LogP) is 22.0. The summed E-state index contributed by atoms with van der Waals surface area (Å²) in [5.41, 5.74) is 0. The lowest BCUT2D eigenvalue weighted by molar-refractivity contribution is -0.166. The first-order valence-electron chi connectivity index (χ1n) is 32.2. The number of carbonyl (C=O) groups excluding carboxylic acids is 3. The second kappa shape index (κ2) is 63.9. The summed E-state index contributed by atoms with van der Waals surface area (Å²) in [6, 6.07) is 0. The van der Waals surface area contributed by atoms with Crippen molar-refractivity contribution in [3.05, 3.63) is 97.2 Å². The standard InChI is InChI=1S/C70H120O6/c1-4-7-10-13-16-19-22-25-28-30-32-33-34-35-36-37-39-40-42-45-48-51-54-57-60-63-69(72)75-66-67(65-74-68(71)62-59-56-53-50-47-44-27-24-21-18-15-12-9-6-3)76-70(73)64-61-58-55-52-49-46-43-41-38-31-29-26-23-20-17-14-11-8-5-2/h8,11,15,17-18,20,24,26-27,29,38,41,46,49,55,58,67H,4-7,9-10,12-14,16,19,21-23,25,28,30-37,39-40,42-45,47-48,50-54,56-57,59-66H2,1-3H3/b11-8-,18-15-,20-17-,27-24-,29-26-,41-38-,49-46-,58-55-. The fraction of sp³-hybridized carbons (Fsp3) is 0.729. The van der Waals surface area contributed by atoms with Crippen LogP contribution in [0.5, 0.6) is 0 Å². The lowest BCUT2D eigenvalue weighted by atomic mass is 10.0. The summed E-state index contributed by atoms with van der Waals surface area (Å²) in [5, 5.41) is 0. The number of carbonyl (C=O) groups is 3. The topological polar surface area (TPSA) is 78.9 Å². The molecule has 0 rings (SSSR count). The van der Waals surface area contributed by atoms with E-state index >= 15 is 0 Å². The Morgan fingerprint density at radius 2 is 0.553 bits per heavy atom. The van der Waals surface area contributed by atoms with Gasteiger partial charge in [0.1, 0.15) is 13.2 Å². The van der Waals surface area contributed by atoms with Crippen LogP contribution in [0.1, 0.15) is 310 Å². The van der Waals surface area contributed by atoms with Crippen molar-refractivity contribution < 1.29 is 28.6 Å². The number of allylic oxidation sites excluding steroid dienone is 16. The third-order valence-electron chi connectivity index (χ3n) is 13.8. The Labute approximate surface area is 470 Å². The van der Waals surface area contributed by atoms with E-state index in [1.165, 1.54) is 161 Å². The van der Waals surface area contributed by atoms with Gasteiger partial charge in [-0.05, 0) is 83.5 Å². The van der Waals surface area contributed by atoms with Crippen molar-refractivity contribution in [2.24, 2.45) is 0 Å². The zero-order chi connectivity index (χ0) is 55.0. The first kappa shape index (κ1) is 72.3. The van der Waals surface area contributed by atoms with Crippen LogP contribution in [0, 0.1) is 0 Å². The summed E-state index contributed by atoms with van der Waals surface area (Å²) < 4.78 is 16.8. The Kier molecular flexibility index (Phi) is 60.8. The van der Waals surface area contributed by atoms with Gasteiger partial charge in [-0.2, -0.15) is 0 Å². The maximum Gasteiger partial charge on any atom is 0.306 e. The highest BCUT2D eigenvalue weighted by Gasteiger charge is 2.19. The fourth-order valence-corrected chi connectivity index (χ4v) is 9.02. The molecule has 0 saturated carbocycles. The van der Waals surface area contributed by atoms with E-state index in [0.717, 1.165) is 103 Å². The van der Waals surface area contributed by atoms with Crippen LogP contribution in [0.2, 0.25) is 0 Å². The van der Waals surface area contributed by atoms with Crippen LogP contribution in [-0.2, 0) is 28.6 Å². The average Bonchev–Trinajstić information content (AvgIpc) is 3.42. The van der Waals surface area contributed by atoms with Gasteiger partial charge >= 0.3 is 17.9 Å². The third-order valence-corrected chi connectivity index (χ3v) is 13.8. The summed E-state index contributed by atoms with van der Waals surface area (Å²) in [5.74, 6) is -1.00. The first-order valence-corrected chi connectivity index (χ1v) is 32.2.